The molecule has 0 atom stereocenters. The maximum absolute atomic E-state index is 5.12. The average Bonchev–Trinajstić information content (AvgIpc) is 2.19. The molecule has 13 heavy (non-hydrogen) atoms. The minimum absolute atomic E-state index is 0.682. The summed E-state index contributed by atoms with van der Waals surface area (Å²) in [6.45, 7) is 3.05. The van der Waals surface area contributed by atoms with Crippen LogP contribution in [0.5, 0.6) is 0 Å². The van der Waals surface area contributed by atoms with Crippen LogP contribution in [-0.4, -0.2) is 21.5 Å². The summed E-state index contributed by atoms with van der Waals surface area (Å²) in [6, 6.07) is 0. The molecule has 1 rings (SSSR count). The number of hydrogen-bond donors (Lipinski definition) is 1. The van der Waals surface area contributed by atoms with Gasteiger partial charge in [-0.2, -0.15) is 0 Å². The van der Waals surface area contributed by atoms with E-state index in [0.29, 0.717) is 4.99 Å². The van der Waals surface area contributed by atoms with Gasteiger partial charge in [0.2, 0.25) is 0 Å². The lowest BCUT2D eigenvalue weighted by Gasteiger charge is -2.04. The van der Waals surface area contributed by atoms with E-state index in [4.69, 9.17) is 12.2 Å². The lowest BCUT2D eigenvalue weighted by molar-refractivity contribution is 0.758. The van der Waals surface area contributed by atoms with Crippen LogP contribution in [0.3, 0.4) is 0 Å². The molecule has 1 heterocycles. The largest absolute Gasteiger partial charge is 0.374 e. The topological polar surface area (TPSA) is 37.8 Å². The van der Waals surface area contributed by atoms with Crippen LogP contribution in [0.1, 0.15) is 25.5 Å². The third-order valence-electron chi connectivity index (χ3n) is 1.61. The van der Waals surface area contributed by atoms with Crippen LogP contribution in [0.15, 0.2) is 18.6 Å². The molecule has 1 N–H and O–H groups in total. The zero-order valence-corrected chi connectivity index (χ0v) is 8.47. The zero-order valence-electron chi connectivity index (χ0n) is 7.66. The highest BCUT2D eigenvalue weighted by Gasteiger charge is 1.99. The van der Waals surface area contributed by atoms with Crippen molar-refractivity contribution >= 4 is 17.2 Å². The summed E-state index contributed by atoms with van der Waals surface area (Å²) >= 11 is 5.12. The standard InChI is InChI=1S/C9H13N3S/c1-2-3-4-12-9(13)8-7-10-5-6-11-8/h5-7H,2-4H2,1H3,(H,12,13). The fourth-order valence-electron chi connectivity index (χ4n) is 0.886. The van der Waals surface area contributed by atoms with Crippen molar-refractivity contribution < 1.29 is 0 Å². The Balaban J connectivity index is 2.40. The highest BCUT2D eigenvalue weighted by molar-refractivity contribution is 7.80. The molecular weight excluding hydrogens is 182 g/mol. The summed E-state index contributed by atoms with van der Waals surface area (Å²) < 4.78 is 0. The van der Waals surface area contributed by atoms with Crippen molar-refractivity contribution in [3.8, 4) is 0 Å². The summed E-state index contributed by atoms with van der Waals surface area (Å²) in [5.41, 5.74) is 0.744. The van der Waals surface area contributed by atoms with Crippen molar-refractivity contribution in [3.63, 3.8) is 0 Å². The van der Waals surface area contributed by atoms with Gasteiger partial charge in [0.15, 0.2) is 0 Å². The first-order chi connectivity index (χ1) is 6.34. The SMILES string of the molecule is CCCCNC(=S)c1cnccn1. The molecule has 4 heteroatoms. The van der Waals surface area contributed by atoms with Crippen molar-refractivity contribution in [2.24, 2.45) is 0 Å². The van der Waals surface area contributed by atoms with Crippen LogP contribution in [0.2, 0.25) is 0 Å². The van der Waals surface area contributed by atoms with Crippen LogP contribution >= 0.6 is 12.2 Å². The van der Waals surface area contributed by atoms with Gasteiger partial charge in [0.25, 0.3) is 0 Å². The molecule has 3 nitrogen and oxygen atoms in total. The molecule has 0 spiro atoms. The number of thiocarbonyl (C=S) groups is 1. The van der Waals surface area contributed by atoms with Crippen LogP contribution in [0.25, 0.3) is 0 Å². The Bertz CT molecular complexity index is 261. The van der Waals surface area contributed by atoms with Gasteiger partial charge >= 0.3 is 0 Å². The average molecular weight is 195 g/mol. The van der Waals surface area contributed by atoms with E-state index in [9.17, 15) is 0 Å². The van der Waals surface area contributed by atoms with Crippen LogP contribution in [-0.2, 0) is 0 Å². The quantitative estimate of drug-likeness (QED) is 0.584. The molecule has 1 aromatic rings. The Kier molecular flexibility index (Phi) is 4.32. The van der Waals surface area contributed by atoms with E-state index >= 15 is 0 Å². The van der Waals surface area contributed by atoms with Gasteiger partial charge in [-0.1, -0.05) is 25.6 Å². The van der Waals surface area contributed by atoms with Crippen molar-refractivity contribution in [1.29, 1.82) is 0 Å². The third-order valence-corrected chi connectivity index (χ3v) is 1.97. The lowest BCUT2D eigenvalue weighted by atomic mass is 10.3. The van der Waals surface area contributed by atoms with Gasteiger partial charge in [-0.15, -0.1) is 0 Å². The molecule has 0 aliphatic rings. The van der Waals surface area contributed by atoms with Gasteiger partial charge in [0.1, 0.15) is 10.7 Å². The Hall–Kier alpha value is -1.03. The molecule has 0 saturated heterocycles. The Morgan fingerprint density at radius 3 is 3.00 bits per heavy atom. The number of aromatic nitrogens is 2. The highest BCUT2D eigenvalue weighted by atomic mass is 32.1. The molecule has 0 aliphatic heterocycles. The molecule has 0 fully saturated rings. The number of rotatable bonds is 4. The second-order valence-corrected chi connectivity index (χ2v) is 3.11. The Labute approximate surface area is 83.6 Å². The van der Waals surface area contributed by atoms with E-state index in [1.165, 1.54) is 0 Å². The highest BCUT2D eigenvalue weighted by Crippen LogP contribution is 1.92. The fourth-order valence-corrected chi connectivity index (χ4v) is 1.09. The summed E-state index contributed by atoms with van der Waals surface area (Å²) in [4.78, 5) is 8.72. The van der Waals surface area contributed by atoms with E-state index in [1.807, 2.05) is 0 Å². The molecule has 0 aliphatic carbocycles. The normalized spacial score (nSPS) is 9.62. The van der Waals surface area contributed by atoms with Crippen LogP contribution < -0.4 is 5.32 Å². The second kappa shape index (κ2) is 5.59. The van der Waals surface area contributed by atoms with Gasteiger partial charge in [-0.25, -0.2) is 0 Å². The van der Waals surface area contributed by atoms with Gasteiger partial charge in [0, 0.05) is 18.9 Å². The summed E-state index contributed by atoms with van der Waals surface area (Å²) in [7, 11) is 0. The van der Waals surface area contributed by atoms with E-state index in [0.717, 1.165) is 25.1 Å². The summed E-state index contributed by atoms with van der Waals surface area (Å²) in [6.07, 6.45) is 7.24. The smallest absolute Gasteiger partial charge is 0.126 e. The van der Waals surface area contributed by atoms with E-state index in [-0.39, 0.29) is 0 Å². The van der Waals surface area contributed by atoms with Crippen molar-refractivity contribution in [1.82, 2.24) is 15.3 Å². The molecule has 0 aromatic carbocycles. The van der Waals surface area contributed by atoms with Crippen molar-refractivity contribution in [2.45, 2.75) is 19.8 Å². The van der Waals surface area contributed by atoms with E-state index in [2.05, 4.69) is 22.2 Å². The predicted octanol–water partition coefficient (Wildman–Crippen LogP) is 1.54. The zero-order chi connectivity index (χ0) is 9.52. The molecule has 0 saturated carbocycles. The van der Waals surface area contributed by atoms with Gasteiger partial charge in [0.05, 0.1) is 6.20 Å². The monoisotopic (exact) mass is 195 g/mol. The first-order valence-electron chi connectivity index (χ1n) is 4.38. The van der Waals surface area contributed by atoms with Gasteiger partial charge in [-0.05, 0) is 6.42 Å². The van der Waals surface area contributed by atoms with Gasteiger partial charge in [-0.3, -0.25) is 9.97 Å². The molecule has 0 bridgehead atoms. The van der Waals surface area contributed by atoms with E-state index < -0.39 is 0 Å². The number of unbranched alkanes of at least 4 members (excludes halogenated alkanes) is 1. The number of nitrogens with zero attached hydrogens (tertiary/aromatic N) is 2. The predicted molar refractivity (Wildman–Crippen MR) is 56.6 cm³/mol. The van der Waals surface area contributed by atoms with E-state index in [1.54, 1.807) is 18.6 Å². The Morgan fingerprint density at radius 2 is 2.38 bits per heavy atom. The van der Waals surface area contributed by atoms with Crippen LogP contribution in [0, 0.1) is 0 Å². The molecule has 0 unspecified atom stereocenters. The first-order valence-corrected chi connectivity index (χ1v) is 4.79. The maximum Gasteiger partial charge on any atom is 0.126 e. The third kappa shape index (κ3) is 3.46. The number of hydrogen-bond acceptors (Lipinski definition) is 3. The molecule has 1 aromatic heterocycles. The molecule has 0 radical (unpaired) electrons. The maximum atomic E-state index is 5.12. The van der Waals surface area contributed by atoms with Crippen molar-refractivity contribution in [2.75, 3.05) is 6.54 Å². The molecular formula is C9H13N3S. The number of nitrogens with one attached hydrogen (secondary N) is 1. The first kappa shape index (κ1) is 10.1. The summed E-state index contributed by atoms with van der Waals surface area (Å²) in [5, 5.41) is 3.13. The van der Waals surface area contributed by atoms with Crippen LogP contribution in [0.4, 0.5) is 0 Å². The minimum Gasteiger partial charge on any atom is -0.374 e. The lowest BCUT2D eigenvalue weighted by Crippen LogP contribution is -2.24. The molecule has 70 valence electrons. The minimum atomic E-state index is 0.682. The molecule has 0 amide bonds. The Morgan fingerprint density at radius 1 is 1.54 bits per heavy atom. The second-order valence-electron chi connectivity index (χ2n) is 2.70. The van der Waals surface area contributed by atoms with Crippen molar-refractivity contribution in [3.05, 3.63) is 24.3 Å². The van der Waals surface area contributed by atoms with Gasteiger partial charge < -0.3 is 5.32 Å². The fraction of sp³-hybridized carbons (Fsp3) is 0.444. The summed E-state index contributed by atoms with van der Waals surface area (Å²) in [5.74, 6) is 0.